The number of unbranched alkanes of at least 4 members (excludes halogenated alkanes) is 1. The smallest absolute Gasteiger partial charge is 0.189 e. The molecule has 0 fully saturated rings. The van der Waals surface area contributed by atoms with Crippen LogP contribution >= 0.6 is 0 Å². The highest BCUT2D eigenvalue weighted by atomic mass is 32.2. The van der Waals surface area contributed by atoms with Crippen molar-refractivity contribution in [2.75, 3.05) is 5.75 Å². The molecule has 2 aromatic rings. The van der Waals surface area contributed by atoms with Gasteiger partial charge in [-0.05, 0) is 30.7 Å². The van der Waals surface area contributed by atoms with Gasteiger partial charge >= 0.3 is 0 Å². The van der Waals surface area contributed by atoms with E-state index in [1.54, 1.807) is 30.3 Å². The second kappa shape index (κ2) is 8.22. The van der Waals surface area contributed by atoms with Crippen molar-refractivity contribution < 1.29 is 8.42 Å². The zero-order valence-corrected chi connectivity index (χ0v) is 13.9. The quantitative estimate of drug-likeness (QED) is 0.808. The molecule has 0 bridgehead atoms. The Labute approximate surface area is 138 Å². The van der Waals surface area contributed by atoms with E-state index in [1.165, 1.54) is 0 Å². The fourth-order valence-corrected chi connectivity index (χ4v) is 2.92. The van der Waals surface area contributed by atoms with Crippen molar-refractivity contribution in [3.05, 3.63) is 65.7 Å². The highest BCUT2D eigenvalue weighted by molar-refractivity contribution is 7.91. The molecule has 0 aliphatic rings. The number of hydrogen-bond acceptors (Lipinski definition) is 2. The van der Waals surface area contributed by atoms with Gasteiger partial charge in [0.25, 0.3) is 0 Å². The van der Waals surface area contributed by atoms with Crippen LogP contribution in [0.4, 0.5) is 0 Å². The van der Waals surface area contributed by atoms with Crippen molar-refractivity contribution in [1.29, 1.82) is 0 Å². The summed E-state index contributed by atoms with van der Waals surface area (Å²) in [5.74, 6) is 11.7. The Morgan fingerprint density at radius 2 is 1.39 bits per heavy atom. The van der Waals surface area contributed by atoms with E-state index < -0.39 is 9.84 Å². The molecule has 0 N–H and O–H groups in total. The van der Waals surface area contributed by atoms with Gasteiger partial charge in [0.2, 0.25) is 0 Å². The van der Waals surface area contributed by atoms with Crippen LogP contribution < -0.4 is 0 Å². The lowest BCUT2D eigenvalue weighted by molar-refractivity contribution is 0.599. The Hall–Kier alpha value is -2.49. The molecule has 0 amide bonds. The lowest BCUT2D eigenvalue weighted by Gasteiger charge is -1.99. The van der Waals surface area contributed by atoms with Crippen LogP contribution in [0.3, 0.4) is 0 Å². The zero-order chi connectivity index (χ0) is 16.5. The first-order valence-corrected chi connectivity index (χ1v) is 9.13. The SMILES string of the molecule is CCCC#Cc1ccccc1C#CCS(=O)(=O)c1ccccc1. The maximum Gasteiger partial charge on any atom is 0.189 e. The molecule has 2 rings (SSSR count). The fourth-order valence-electron chi connectivity index (χ4n) is 1.92. The average Bonchev–Trinajstić information content (AvgIpc) is 2.57. The number of hydrogen-bond donors (Lipinski definition) is 0. The monoisotopic (exact) mass is 322 g/mol. The molecule has 0 radical (unpaired) electrons. The Morgan fingerprint density at radius 1 is 0.826 bits per heavy atom. The average molecular weight is 322 g/mol. The Balaban J connectivity index is 2.19. The summed E-state index contributed by atoms with van der Waals surface area (Å²) in [6.45, 7) is 2.08. The summed E-state index contributed by atoms with van der Waals surface area (Å²) in [6, 6.07) is 15.9. The molecule has 116 valence electrons. The Kier molecular flexibility index (Phi) is 6.03. The largest absolute Gasteiger partial charge is 0.223 e. The van der Waals surface area contributed by atoms with Gasteiger partial charge in [-0.1, -0.05) is 60.9 Å². The molecule has 23 heavy (non-hydrogen) atoms. The number of rotatable bonds is 3. The van der Waals surface area contributed by atoms with E-state index >= 15 is 0 Å². The summed E-state index contributed by atoms with van der Waals surface area (Å²) >= 11 is 0. The predicted molar refractivity (Wildman–Crippen MR) is 93.6 cm³/mol. The first-order valence-electron chi connectivity index (χ1n) is 7.48. The first kappa shape index (κ1) is 16.9. The molecule has 0 spiro atoms. The molecule has 0 heterocycles. The van der Waals surface area contributed by atoms with E-state index in [1.807, 2.05) is 24.3 Å². The van der Waals surface area contributed by atoms with Crippen LogP contribution in [0.15, 0.2) is 59.5 Å². The van der Waals surface area contributed by atoms with E-state index in [0.717, 1.165) is 24.0 Å². The lowest BCUT2D eigenvalue weighted by atomic mass is 10.1. The standard InChI is InChI=1S/C20H18O2S/c1-2-3-5-11-18-12-8-9-13-19(18)14-10-17-23(21,22)20-15-6-4-7-16-20/h4,6-9,12-13,15-16H,2-3,17H2,1H3. The van der Waals surface area contributed by atoms with Crippen LogP contribution in [0.1, 0.15) is 30.9 Å². The zero-order valence-electron chi connectivity index (χ0n) is 13.0. The second-order valence-corrected chi connectivity index (χ2v) is 6.96. The van der Waals surface area contributed by atoms with Crippen molar-refractivity contribution in [3.8, 4) is 23.7 Å². The molecule has 2 aromatic carbocycles. The minimum absolute atomic E-state index is 0.201. The summed E-state index contributed by atoms with van der Waals surface area (Å²) in [6.07, 6.45) is 1.85. The molecule has 3 heteroatoms. The van der Waals surface area contributed by atoms with E-state index in [0.29, 0.717) is 4.90 Å². The van der Waals surface area contributed by atoms with Crippen molar-refractivity contribution in [2.24, 2.45) is 0 Å². The normalized spacial score (nSPS) is 10.1. The van der Waals surface area contributed by atoms with Crippen LogP contribution in [0.2, 0.25) is 0 Å². The number of benzene rings is 2. The third kappa shape index (κ3) is 5.02. The molecular formula is C20H18O2S. The highest BCUT2D eigenvalue weighted by Gasteiger charge is 2.11. The minimum atomic E-state index is -3.37. The molecule has 0 unspecified atom stereocenters. The molecule has 0 aromatic heterocycles. The van der Waals surface area contributed by atoms with Gasteiger partial charge in [0.1, 0.15) is 5.75 Å². The molecule has 0 aliphatic heterocycles. The topological polar surface area (TPSA) is 34.1 Å². The summed E-state index contributed by atoms with van der Waals surface area (Å²) in [7, 11) is -3.37. The van der Waals surface area contributed by atoms with Crippen LogP contribution in [-0.4, -0.2) is 14.2 Å². The predicted octanol–water partition coefficient (Wildman–Crippen LogP) is 3.66. The second-order valence-electron chi connectivity index (χ2n) is 4.97. The van der Waals surface area contributed by atoms with Crippen molar-refractivity contribution in [3.63, 3.8) is 0 Å². The summed E-state index contributed by atoms with van der Waals surface area (Å²) < 4.78 is 24.4. The van der Waals surface area contributed by atoms with Gasteiger partial charge in [0.05, 0.1) is 4.90 Å². The highest BCUT2D eigenvalue weighted by Crippen LogP contribution is 2.10. The van der Waals surface area contributed by atoms with Gasteiger partial charge in [-0.3, -0.25) is 0 Å². The van der Waals surface area contributed by atoms with Crippen LogP contribution in [0.5, 0.6) is 0 Å². The van der Waals surface area contributed by atoms with Gasteiger partial charge in [0.15, 0.2) is 9.84 Å². The van der Waals surface area contributed by atoms with Gasteiger partial charge < -0.3 is 0 Å². The van der Waals surface area contributed by atoms with E-state index in [2.05, 4.69) is 30.6 Å². The number of sulfone groups is 1. The van der Waals surface area contributed by atoms with Crippen LogP contribution in [0, 0.1) is 23.7 Å². The molecule has 0 atom stereocenters. The third-order valence-corrected chi connectivity index (χ3v) is 4.63. The van der Waals surface area contributed by atoms with E-state index in [9.17, 15) is 8.42 Å². The summed E-state index contributed by atoms with van der Waals surface area (Å²) in [5, 5.41) is 0. The van der Waals surface area contributed by atoms with Crippen molar-refractivity contribution >= 4 is 9.84 Å². The van der Waals surface area contributed by atoms with Gasteiger partial charge in [-0.25, -0.2) is 8.42 Å². The maximum atomic E-state index is 12.2. The van der Waals surface area contributed by atoms with Crippen LogP contribution in [0.25, 0.3) is 0 Å². The summed E-state index contributed by atoms with van der Waals surface area (Å²) in [5.41, 5.74) is 1.60. The van der Waals surface area contributed by atoms with E-state index in [-0.39, 0.29) is 5.75 Å². The van der Waals surface area contributed by atoms with Gasteiger partial charge in [0, 0.05) is 17.5 Å². The van der Waals surface area contributed by atoms with Crippen LogP contribution in [-0.2, 0) is 9.84 Å². The third-order valence-electron chi connectivity index (χ3n) is 3.11. The lowest BCUT2D eigenvalue weighted by Crippen LogP contribution is -2.04. The molecule has 0 saturated carbocycles. The Bertz CT molecular complexity index is 874. The molecular weight excluding hydrogens is 304 g/mol. The van der Waals surface area contributed by atoms with Gasteiger partial charge in [-0.15, -0.1) is 0 Å². The molecule has 2 nitrogen and oxygen atoms in total. The van der Waals surface area contributed by atoms with Gasteiger partial charge in [-0.2, -0.15) is 0 Å². The summed E-state index contributed by atoms with van der Waals surface area (Å²) in [4.78, 5) is 0.297. The van der Waals surface area contributed by atoms with E-state index in [4.69, 9.17) is 0 Å². The minimum Gasteiger partial charge on any atom is -0.223 e. The molecule has 0 saturated heterocycles. The fraction of sp³-hybridized carbons (Fsp3) is 0.200. The van der Waals surface area contributed by atoms with Crippen molar-refractivity contribution in [1.82, 2.24) is 0 Å². The Morgan fingerprint density at radius 3 is 2.00 bits per heavy atom. The van der Waals surface area contributed by atoms with Crippen molar-refractivity contribution in [2.45, 2.75) is 24.7 Å². The molecule has 0 aliphatic carbocycles. The maximum absolute atomic E-state index is 12.2. The first-order chi connectivity index (χ1) is 11.1.